The van der Waals surface area contributed by atoms with Crippen molar-refractivity contribution in [3.63, 3.8) is 0 Å². The lowest BCUT2D eigenvalue weighted by Crippen LogP contribution is -2.03. The van der Waals surface area contributed by atoms with Crippen molar-refractivity contribution in [2.75, 3.05) is 0 Å². The van der Waals surface area contributed by atoms with Crippen LogP contribution in [0.3, 0.4) is 0 Å². The number of aromatic nitrogens is 6. The molecule has 0 aliphatic heterocycles. The second-order valence-electron chi connectivity index (χ2n) is 17.0. The van der Waals surface area contributed by atoms with Crippen molar-refractivity contribution in [3.05, 3.63) is 218 Å². The summed E-state index contributed by atoms with van der Waals surface area (Å²) >= 11 is 1.84. The van der Waals surface area contributed by atoms with Crippen molar-refractivity contribution >= 4 is 85.9 Å². The normalized spacial score (nSPS) is 11.9. The molecule has 14 rings (SSSR count). The second-order valence-corrected chi connectivity index (χ2v) is 18.0. The van der Waals surface area contributed by atoms with Crippen LogP contribution in [0.5, 0.6) is 0 Å². The van der Waals surface area contributed by atoms with Crippen molar-refractivity contribution in [3.8, 4) is 56.9 Å². The number of nitrogens with zero attached hydrogens (tertiary/aromatic N) is 6. The molecule has 9 aromatic carbocycles. The molecule has 67 heavy (non-hydrogen) atoms. The Bertz CT molecular complexity index is 4140. The average molecular weight is 873 g/mol. The van der Waals surface area contributed by atoms with Gasteiger partial charge in [0.1, 0.15) is 5.82 Å². The third-order valence-corrected chi connectivity index (χ3v) is 14.3. The number of rotatable bonds is 6. The summed E-state index contributed by atoms with van der Waals surface area (Å²) in [6.45, 7) is 0. The van der Waals surface area contributed by atoms with Crippen molar-refractivity contribution in [2.45, 2.75) is 0 Å². The Hall–Kier alpha value is -8.78. The van der Waals surface area contributed by atoms with Gasteiger partial charge in [-0.3, -0.25) is 9.13 Å². The Balaban J connectivity index is 1.10. The predicted octanol–water partition coefficient (Wildman–Crippen LogP) is 15.6. The number of fused-ring (bicyclic) bond motifs is 13. The highest BCUT2D eigenvalue weighted by molar-refractivity contribution is 7.27. The molecule has 0 atom stereocenters. The zero-order chi connectivity index (χ0) is 44.0. The van der Waals surface area contributed by atoms with E-state index in [1.165, 1.54) is 41.7 Å². The molecule has 312 valence electrons. The van der Waals surface area contributed by atoms with Crippen LogP contribution in [-0.2, 0) is 0 Å². The molecular weight excluding hydrogens is 837 g/mol. The standard InChI is InChI=1S/C60H36N6S/c1-5-19-37(20-6-1)47-34-48(38-21-7-2-8-22-38)63-60(62-47)65-50-31-17-15-27-41(50)45-33-46-53(36-52(45)65)67-58-56(46)43-29-14-13-28-42(43)55-44-30-16-18-32-51(44)66(57(55)58)54-35-49(39-23-9-3-10-24-39)61-59(64-54)40-25-11-4-12-26-40/h1-36H. The van der Waals surface area contributed by atoms with E-state index < -0.39 is 0 Å². The van der Waals surface area contributed by atoms with Gasteiger partial charge in [0.2, 0.25) is 5.95 Å². The minimum Gasteiger partial charge on any atom is -0.292 e. The van der Waals surface area contributed by atoms with Gasteiger partial charge in [0.15, 0.2) is 5.82 Å². The maximum Gasteiger partial charge on any atom is 0.235 e. The van der Waals surface area contributed by atoms with Crippen LogP contribution in [0, 0.1) is 0 Å². The van der Waals surface area contributed by atoms with Crippen LogP contribution in [0.1, 0.15) is 0 Å². The highest BCUT2D eigenvalue weighted by Crippen LogP contribution is 2.49. The average Bonchev–Trinajstić information content (AvgIpc) is 4.07. The van der Waals surface area contributed by atoms with Crippen molar-refractivity contribution in [2.24, 2.45) is 0 Å². The Kier molecular flexibility index (Phi) is 8.35. The highest BCUT2D eigenvalue weighted by Gasteiger charge is 2.25. The monoisotopic (exact) mass is 872 g/mol. The Labute approximate surface area is 388 Å². The van der Waals surface area contributed by atoms with Gasteiger partial charge in [0, 0.05) is 65.3 Å². The first kappa shape index (κ1) is 37.6. The van der Waals surface area contributed by atoms with Gasteiger partial charge in [-0.05, 0) is 41.1 Å². The summed E-state index contributed by atoms with van der Waals surface area (Å²) in [7, 11) is 0. The molecule has 5 heterocycles. The lowest BCUT2D eigenvalue weighted by Gasteiger charge is -2.13. The van der Waals surface area contributed by atoms with Crippen molar-refractivity contribution in [1.82, 2.24) is 29.1 Å². The van der Waals surface area contributed by atoms with E-state index >= 15 is 0 Å². The molecule has 0 saturated carbocycles. The molecule has 7 heteroatoms. The van der Waals surface area contributed by atoms with Crippen LogP contribution in [0.2, 0.25) is 0 Å². The molecule has 0 N–H and O–H groups in total. The van der Waals surface area contributed by atoms with Crippen LogP contribution < -0.4 is 0 Å². The Morgan fingerprint density at radius 3 is 1.43 bits per heavy atom. The van der Waals surface area contributed by atoms with Gasteiger partial charge in [-0.2, -0.15) is 0 Å². The SMILES string of the molecule is c1ccc(-c2cc(-n3c4ccccc4c4c5ccccc5c5c6cc7c8ccccc8n(-c8nc(-c9ccccc9)cc(-c9ccccc9)n8)c7cc6sc5c43)nc(-c3ccccc3)n2)cc1. The number of hydrogen-bond donors (Lipinski definition) is 0. The van der Waals surface area contributed by atoms with Gasteiger partial charge in [-0.1, -0.05) is 182 Å². The Morgan fingerprint density at radius 1 is 0.328 bits per heavy atom. The fourth-order valence-corrected chi connectivity index (χ4v) is 11.4. The first-order chi connectivity index (χ1) is 33.2. The van der Waals surface area contributed by atoms with Gasteiger partial charge in [-0.25, -0.2) is 19.9 Å². The fraction of sp³-hybridized carbons (Fsp3) is 0. The molecule has 0 aliphatic carbocycles. The minimum atomic E-state index is 0.632. The number of hydrogen-bond acceptors (Lipinski definition) is 5. The molecule has 0 saturated heterocycles. The smallest absolute Gasteiger partial charge is 0.235 e. The molecule has 0 amide bonds. The number of benzene rings is 9. The molecule has 6 nitrogen and oxygen atoms in total. The van der Waals surface area contributed by atoms with Crippen LogP contribution in [0.15, 0.2) is 218 Å². The maximum absolute atomic E-state index is 5.43. The van der Waals surface area contributed by atoms with Crippen LogP contribution in [-0.4, -0.2) is 29.1 Å². The third kappa shape index (κ3) is 5.88. The van der Waals surface area contributed by atoms with Crippen LogP contribution >= 0.6 is 11.3 Å². The summed E-state index contributed by atoms with van der Waals surface area (Å²) < 4.78 is 7.04. The molecule has 14 aromatic rings. The molecular formula is C60H36N6S. The summed E-state index contributed by atoms with van der Waals surface area (Å²) in [5.41, 5.74) is 11.0. The molecule has 0 aliphatic rings. The topological polar surface area (TPSA) is 61.4 Å². The third-order valence-electron chi connectivity index (χ3n) is 13.1. The molecule has 0 bridgehead atoms. The lowest BCUT2D eigenvalue weighted by molar-refractivity contribution is 0.996. The van der Waals surface area contributed by atoms with Crippen LogP contribution in [0.25, 0.3) is 131 Å². The van der Waals surface area contributed by atoms with E-state index in [2.05, 4.69) is 191 Å². The van der Waals surface area contributed by atoms with E-state index in [4.69, 9.17) is 19.9 Å². The summed E-state index contributed by atoms with van der Waals surface area (Å²) in [4.78, 5) is 21.3. The van der Waals surface area contributed by atoms with E-state index in [1.54, 1.807) is 0 Å². The summed E-state index contributed by atoms with van der Waals surface area (Å²) in [6.07, 6.45) is 0. The number of para-hydroxylation sites is 2. The summed E-state index contributed by atoms with van der Waals surface area (Å²) in [6, 6.07) is 76.9. The number of thiophene rings is 1. The molecule has 0 radical (unpaired) electrons. The second kappa shape index (κ2) is 14.9. The van der Waals surface area contributed by atoms with E-state index in [9.17, 15) is 0 Å². The Morgan fingerprint density at radius 2 is 0.821 bits per heavy atom. The van der Waals surface area contributed by atoms with Gasteiger partial charge in [0.05, 0.1) is 43.8 Å². The van der Waals surface area contributed by atoms with Crippen LogP contribution in [0.4, 0.5) is 0 Å². The van der Waals surface area contributed by atoms with E-state index in [0.29, 0.717) is 11.8 Å². The zero-order valence-corrected chi connectivity index (χ0v) is 36.7. The molecule has 0 fully saturated rings. The van der Waals surface area contributed by atoms with Gasteiger partial charge in [0.25, 0.3) is 0 Å². The van der Waals surface area contributed by atoms with E-state index in [1.807, 2.05) is 47.7 Å². The fourth-order valence-electron chi connectivity index (χ4n) is 10.2. The van der Waals surface area contributed by atoms with Gasteiger partial charge in [-0.15, -0.1) is 11.3 Å². The largest absolute Gasteiger partial charge is 0.292 e. The van der Waals surface area contributed by atoms with Crippen molar-refractivity contribution in [1.29, 1.82) is 0 Å². The summed E-state index contributed by atoms with van der Waals surface area (Å²) in [5, 5.41) is 9.59. The zero-order valence-electron chi connectivity index (χ0n) is 35.9. The van der Waals surface area contributed by atoms with Crippen molar-refractivity contribution < 1.29 is 0 Å². The maximum atomic E-state index is 5.43. The van der Waals surface area contributed by atoms with Gasteiger partial charge >= 0.3 is 0 Å². The minimum absolute atomic E-state index is 0.632. The predicted molar refractivity (Wildman–Crippen MR) is 278 cm³/mol. The first-order valence-corrected chi connectivity index (χ1v) is 23.3. The molecule has 0 spiro atoms. The first-order valence-electron chi connectivity index (χ1n) is 22.5. The van der Waals surface area contributed by atoms with Gasteiger partial charge < -0.3 is 0 Å². The van der Waals surface area contributed by atoms with E-state index in [0.717, 1.165) is 78.0 Å². The molecule has 5 aromatic heterocycles. The lowest BCUT2D eigenvalue weighted by atomic mass is 9.98. The highest BCUT2D eigenvalue weighted by atomic mass is 32.1. The summed E-state index contributed by atoms with van der Waals surface area (Å²) in [5.74, 6) is 2.13. The quantitative estimate of drug-likeness (QED) is 0.167. The molecule has 0 unspecified atom stereocenters. The van der Waals surface area contributed by atoms with E-state index in [-0.39, 0.29) is 0 Å².